The van der Waals surface area contributed by atoms with Crippen molar-refractivity contribution in [2.75, 3.05) is 6.54 Å². The summed E-state index contributed by atoms with van der Waals surface area (Å²) in [4.78, 5) is 24.1. The van der Waals surface area contributed by atoms with Gasteiger partial charge in [-0.3, -0.25) is 4.79 Å². The minimum absolute atomic E-state index is 0.0586. The third-order valence-corrected chi connectivity index (χ3v) is 5.05. The van der Waals surface area contributed by atoms with Crippen LogP contribution in [0.15, 0.2) is 42.5 Å². The summed E-state index contributed by atoms with van der Waals surface area (Å²) in [6, 6.07) is 14.0. The molecule has 3 aromatic rings. The number of hydrogen-bond donors (Lipinski definition) is 0. The molecule has 0 bridgehead atoms. The van der Waals surface area contributed by atoms with Gasteiger partial charge in [-0.05, 0) is 49.1 Å². The van der Waals surface area contributed by atoms with Gasteiger partial charge in [0.1, 0.15) is 0 Å². The molecule has 2 heterocycles. The lowest BCUT2D eigenvalue weighted by molar-refractivity contribution is 0.0721. The first-order valence-electron chi connectivity index (χ1n) is 8.65. The van der Waals surface area contributed by atoms with Crippen LogP contribution in [0.5, 0.6) is 0 Å². The maximum absolute atomic E-state index is 13.0. The molecule has 0 N–H and O–H groups in total. The first kappa shape index (κ1) is 15.8. The normalized spacial score (nSPS) is 16.8. The zero-order chi connectivity index (χ0) is 17.6. The van der Waals surface area contributed by atoms with Crippen LogP contribution in [-0.2, 0) is 6.54 Å². The standard InChI is InChI=1S/C21H21N3O/c1-13-11-24(12-17-6-4-5-7-18(13)17)21(25)16-8-9-19-20(10-16)23-15(3)14(2)22-19/h4-10,13H,11-12H2,1-3H3. The molecule has 0 saturated heterocycles. The summed E-state index contributed by atoms with van der Waals surface area (Å²) in [5.74, 6) is 0.405. The Morgan fingerprint density at radius 3 is 2.56 bits per heavy atom. The second kappa shape index (κ2) is 5.96. The van der Waals surface area contributed by atoms with Crippen molar-refractivity contribution in [2.45, 2.75) is 33.2 Å². The van der Waals surface area contributed by atoms with Crippen molar-refractivity contribution < 1.29 is 4.79 Å². The molecule has 2 aromatic carbocycles. The molecular weight excluding hydrogens is 310 g/mol. The molecule has 0 radical (unpaired) electrons. The third kappa shape index (κ3) is 2.78. The van der Waals surface area contributed by atoms with E-state index in [2.05, 4.69) is 35.1 Å². The number of hydrogen-bond acceptors (Lipinski definition) is 3. The zero-order valence-corrected chi connectivity index (χ0v) is 14.8. The Balaban J connectivity index is 1.67. The monoisotopic (exact) mass is 331 g/mol. The molecule has 1 aromatic heterocycles. The maximum Gasteiger partial charge on any atom is 0.254 e. The molecule has 1 amide bonds. The Bertz CT molecular complexity index is 980. The van der Waals surface area contributed by atoms with Crippen LogP contribution >= 0.6 is 0 Å². The second-order valence-corrected chi connectivity index (χ2v) is 6.88. The first-order valence-corrected chi connectivity index (χ1v) is 8.65. The van der Waals surface area contributed by atoms with Crippen LogP contribution in [0.25, 0.3) is 11.0 Å². The number of carbonyl (C=O) groups excluding carboxylic acids is 1. The molecule has 0 spiro atoms. The van der Waals surface area contributed by atoms with Gasteiger partial charge in [0.2, 0.25) is 0 Å². The Kier molecular flexibility index (Phi) is 3.75. The van der Waals surface area contributed by atoms with E-state index in [4.69, 9.17) is 0 Å². The van der Waals surface area contributed by atoms with Gasteiger partial charge in [0.25, 0.3) is 5.91 Å². The molecule has 4 nitrogen and oxygen atoms in total. The van der Waals surface area contributed by atoms with Gasteiger partial charge in [-0.25, -0.2) is 9.97 Å². The van der Waals surface area contributed by atoms with E-state index in [1.807, 2.05) is 43.0 Å². The van der Waals surface area contributed by atoms with Crippen molar-refractivity contribution >= 4 is 16.9 Å². The SMILES string of the molecule is Cc1nc2ccc(C(=O)N3Cc4ccccc4C(C)C3)cc2nc1C. The molecule has 25 heavy (non-hydrogen) atoms. The van der Waals surface area contributed by atoms with Crippen molar-refractivity contribution in [1.29, 1.82) is 0 Å². The number of carbonyl (C=O) groups is 1. The minimum Gasteiger partial charge on any atom is -0.334 e. The fraction of sp³-hybridized carbons (Fsp3) is 0.286. The Hall–Kier alpha value is -2.75. The van der Waals surface area contributed by atoms with Gasteiger partial charge < -0.3 is 4.90 Å². The summed E-state index contributed by atoms with van der Waals surface area (Å²) in [5, 5.41) is 0. The molecule has 0 aliphatic carbocycles. The number of fused-ring (bicyclic) bond motifs is 2. The van der Waals surface area contributed by atoms with Crippen LogP contribution in [0.3, 0.4) is 0 Å². The molecule has 1 atom stereocenters. The number of benzene rings is 2. The van der Waals surface area contributed by atoms with Crippen molar-refractivity contribution in [1.82, 2.24) is 14.9 Å². The highest BCUT2D eigenvalue weighted by Crippen LogP contribution is 2.29. The molecule has 1 aliphatic rings. The van der Waals surface area contributed by atoms with Gasteiger partial charge in [0, 0.05) is 18.7 Å². The Morgan fingerprint density at radius 2 is 1.76 bits per heavy atom. The van der Waals surface area contributed by atoms with Crippen LogP contribution in [0.1, 0.15) is 45.7 Å². The predicted octanol–water partition coefficient (Wildman–Crippen LogP) is 4.01. The predicted molar refractivity (Wildman–Crippen MR) is 98.6 cm³/mol. The van der Waals surface area contributed by atoms with Gasteiger partial charge in [-0.2, -0.15) is 0 Å². The van der Waals surface area contributed by atoms with E-state index in [-0.39, 0.29) is 5.91 Å². The summed E-state index contributed by atoms with van der Waals surface area (Å²) >= 11 is 0. The van der Waals surface area contributed by atoms with Crippen LogP contribution in [0.4, 0.5) is 0 Å². The molecule has 1 aliphatic heterocycles. The molecule has 0 fully saturated rings. The van der Waals surface area contributed by atoms with Crippen molar-refractivity contribution in [2.24, 2.45) is 0 Å². The van der Waals surface area contributed by atoms with Crippen molar-refractivity contribution in [3.05, 3.63) is 70.5 Å². The average molecular weight is 331 g/mol. The molecule has 4 heteroatoms. The molecule has 0 saturated carbocycles. The molecule has 4 rings (SSSR count). The highest BCUT2D eigenvalue weighted by molar-refractivity contribution is 5.97. The summed E-state index contributed by atoms with van der Waals surface area (Å²) in [5.41, 5.74) is 6.70. The molecule has 1 unspecified atom stereocenters. The van der Waals surface area contributed by atoms with E-state index < -0.39 is 0 Å². The summed E-state index contributed by atoms with van der Waals surface area (Å²) in [6.45, 7) is 7.48. The highest BCUT2D eigenvalue weighted by atomic mass is 16.2. The van der Waals surface area contributed by atoms with Crippen LogP contribution in [-0.4, -0.2) is 27.3 Å². The summed E-state index contributed by atoms with van der Waals surface area (Å²) in [7, 11) is 0. The van der Waals surface area contributed by atoms with Gasteiger partial charge >= 0.3 is 0 Å². The van der Waals surface area contributed by atoms with Gasteiger partial charge in [0.05, 0.1) is 22.4 Å². The smallest absolute Gasteiger partial charge is 0.254 e. The van der Waals surface area contributed by atoms with Crippen molar-refractivity contribution in [3.63, 3.8) is 0 Å². The topological polar surface area (TPSA) is 46.1 Å². The largest absolute Gasteiger partial charge is 0.334 e. The zero-order valence-electron chi connectivity index (χ0n) is 14.8. The number of nitrogens with zero attached hydrogens (tertiary/aromatic N) is 3. The van der Waals surface area contributed by atoms with Crippen molar-refractivity contribution in [3.8, 4) is 0 Å². The van der Waals surface area contributed by atoms with E-state index in [1.165, 1.54) is 11.1 Å². The van der Waals surface area contributed by atoms with E-state index >= 15 is 0 Å². The highest BCUT2D eigenvalue weighted by Gasteiger charge is 2.26. The third-order valence-electron chi connectivity index (χ3n) is 5.05. The summed E-state index contributed by atoms with van der Waals surface area (Å²) in [6.07, 6.45) is 0. The lowest BCUT2D eigenvalue weighted by Crippen LogP contribution is -2.37. The number of amides is 1. The van der Waals surface area contributed by atoms with Crippen LogP contribution in [0.2, 0.25) is 0 Å². The minimum atomic E-state index is 0.0586. The lowest BCUT2D eigenvalue weighted by Gasteiger charge is -2.33. The Morgan fingerprint density at radius 1 is 1.04 bits per heavy atom. The van der Waals surface area contributed by atoms with Gasteiger partial charge in [-0.15, -0.1) is 0 Å². The second-order valence-electron chi connectivity index (χ2n) is 6.88. The molecular formula is C21H21N3O. The number of aryl methyl sites for hydroxylation is 2. The maximum atomic E-state index is 13.0. The van der Waals surface area contributed by atoms with Gasteiger partial charge in [-0.1, -0.05) is 31.2 Å². The van der Waals surface area contributed by atoms with Crippen LogP contribution in [0, 0.1) is 13.8 Å². The fourth-order valence-corrected chi connectivity index (χ4v) is 3.56. The molecule has 126 valence electrons. The van der Waals surface area contributed by atoms with E-state index in [9.17, 15) is 4.79 Å². The van der Waals surface area contributed by atoms with E-state index in [1.54, 1.807) is 0 Å². The van der Waals surface area contributed by atoms with E-state index in [0.29, 0.717) is 18.0 Å². The summed E-state index contributed by atoms with van der Waals surface area (Å²) < 4.78 is 0. The van der Waals surface area contributed by atoms with E-state index in [0.717, 1.165) is 29.0 Å². The first-order chi connectivity index (χ1) is 12.0. The Labute approximate surface area is 147 Å². The number of rotatable bonds is 1. The van der Waals surface area contributed by atoms with Gasteiger partial charge in [0.15, 0.2) is 0 Å². The lowest BCUT2D eigenvalue weighted by atomic mass is 9.91. The average Bonchev–Trinajstić information content (AvgIpc) is 2.61. The van der Waals surface area contributed by atoms with Crippen LogP contribution < -0.4 is 0 Å². The number of aromatic nitrogens is 2. The quantitative estimate of drug-likeness (QED) is 0.677. The fourth-order valence-electron chi connectivity index (χ4n) is 3.56.